The lowest BCUT2D eigenvalue weighted by atomic mass is 10.2. The van der Waals surface area contributed by atoms with E-state index in [0.29, 0.717) is 19.7 Å². The van der Waals surface area contributed by atoms with Crippen LogP contribution in [0.3, 0.4) is 0 Å². The molecular weight excluding hydrogens is 300 g/mol. The molecule has 4 heteroatoms. The van der Waals surface area contributed by atoms with Gasteiger partial charge in [-0.25, -0.2) is 0 Å². The lowest BCUT2D eigenvalue weighted by Crippen LogP contribution is -2.44. The molecule has 128 valence electrons. The summed E-state index contributed by atoms with van der Waals surface area (Å²) in [4.78, 5) is 14.3. The second-order valence-corrected chi connectivity index (χ2v) is 5.97. The van der Waals surface area contributed by atoms with Crippen LogP contribution in [0.5, 0.6) is 5.75 Å². The Bertz CT molecular complexity index is 643. The summed E-state index contributed by atoms with van der Waals surface area (Å²) in [5.41, 5.74) is 2.22. The summed E-state index contributed by atoms with van der Waals surface area (Å²) < 4.78 is 5.79. The Balaban J connectivity index is 1.73. The highest BCUT2D eigenvalue weighted by Crippen LogP contribution is 2.15. The van der Waals surface area contributed by atoms with Crippen molar-refractivity contribution < 1.29 is 9.53 Å². The number of ether oxygens (including phenoxy) is 1. The number of nitrogens with one attached hydrogen (secondary N) is 1. The normalized spacial score (nSPS) is 12.0. The molecule has 0 fully saturated rings. The zero-order valence-corrected chi connectivity index (χ0v) is 14.7. The Morgan fingerprint density at radius 2 is 1.79 bits per heavy atom. The molecule has 0 bridgehead atoms. The second kappa shape index (κ2) is 9.08. The Morgan fingerprint density at radius 3 is 2.50 bits per heavy atom. The molecule has 1 unspecified atom stereocenters. The number of aryl methyl sites for hydroxylation is 1. The maximum atomic E-state index is 12.3. The van der Waals surface area contributed by atoms with E-state index in [4.69, 9.17) is 4.74 Å². The highest BCUT2D eigenvalue weighted by Gasteiger charge is 2.17. The molecule has 0 heterocycles. The van der Waals surface area contributed by atoms with Gasteiger partial charge in [0.25, 0.3) is 0 Å². The molecule has 1 amide bonds. The SMILES string of the molecule is Cc1ccccc1OCCN(C)C(C)C(=O)NCc1ccccc1. The minimum absolute atomic E-state index is 0.0252. The van der Waals surface area contributed by atoms with Gasteiger partial charge in [-0.2, -0.15) is 0 Å². The van der Waals surface area contributed by atoms with Gasteiger partial charge in [0, 0.05) is 13.1 Å². The highest BCUT2D eigenvalue weighted by atomic mass is 16.5. The van der Waals surface area contributed by atoms with Crippen LogP contribution in [-0.2, 0) is 11.3 Å². The van der Waals surface area contributed by atoms with Gasteiger partial charge >= 0.3 is 0 Å². The van der Waals surface area contributed by atoms with Crippen LogP contribution >= 0.6 is 0 Å². The first-order valence-electron chi connectivity index (χ1n) is 8.28. The van der Waals surface area contributed by atoms with Crippen LogP contribution in [0.2, 0.25) is 0 Å². The number of likely N-dealkylation sites (N-methyl/N-ethyl adjacent to an activating group) is 1. The van der Waals surface area contributed by atoms with Crippen molar-refractivity contribution in [2.45, 2.75) is 26.4 Å². The number of benzene rings is 2. The van der Waals surface area contributed by atoms with Gasteiger partial charge in [0.05, 0.1) is 6.04 Å². The molecule has 0 aliphatic rings. The molecule has 0 spiro atoms. The number of hydrogen-bond acceptors (Lipinski definition) is 3. The molecule has 2 rings (SSSR count). The standard InChI is InChI=1S/C20H26N2O2/c1-16-9-7-8-12-19(16)24-14-13-22(3)17(2)20(23)21-15-18-10-5-4-6-11-18/h4-12,17H,13-15H2,1-3H3,(H,21,23). The first-order valence-corrected chi connectivity index (χ1v) is 8.28. The maximum Gasteiger partial charge on any atom is 0.237 e. The smallest absolute Gasteiger partial charge is 0.237 e. The maximum absolute atomic E-state index is 12.3. The van der Waals surface area contributed by atoms with Gasteiger partial charge < -0.3 is 10.1 Å². The third-order valence-corrected chi connectivity index (χ3v) is 4.15. The van der Waals surface area contributed by atoms with Gasteiger partial charge in [-0.05, 0) is 38.1 Å². The van der Waals surface area contributed by atoms with E-state index in [1.54, 1.807) is 0 Å². The molecule has 0 aliphatic heterocycles. The fourth-order valence-corrected chi connectivity index (χ4v) is 2.34. The first kappa shape index (κ1) is 18.0. The van der Waals surface area contributed by atoms with Gasteiger partial charge in [-0.3, -0.25) is 9.69 Å². The fraction of sp³-hybridized carbons (Fsp3) is 0.350. The zero-order valence-electron chi connectivity index (χ0n) is 14.7. The summed E-state index contributed by atoms with van der Waals surface area (Å²) in [7, 11) is 1.94. The van der Waals surface area contributed by atoms with Crippen molar-refractivity contribution in [1.29, 1.82) is 0 Å². The second-order valence-electron chi connectivity index (χ2n) is 5.97. The van der Waals surface area contributed by atoms with Crippen LogP contribution in [-0.4, -0.2) is 37.0 Å². The van der Waals surface area contributed by atoms with Crippen LogP contribution in [0.25, 0.3) is 0 Å². The molecule has 0 radical (unpaired) electrons. The fourth-order valence-electron chi connectivity index (χ4n) is 2.34. The van der Waals surface area contributed by atoms with Gasteiger partial charge in [0.1, 0.15) is 12.4 Å². The van der Waals surface area contributed by atoms with Gasteiger partial charge in [0.2, 0.25) is 5.91 Å². The number of carbonyl (C=O) groups excluding carboxylic acids is 1. The third-order valence-electron chi connectivity index (χ3n) is 4.15. The molecular formula is C20H26N2O2. The van der Waals surface area contributed by atoms with Crippen LogP contribution in [0, 0.1) is 6.92 Å². The Hall–Kier alpha value is -2.33. The molecule has 2 aromatic rings. The van der Waals surface area contributed by atoms with Crippen molar-refractivity contribution in [3.63, 3.8) is 0 Å². The molecule has 4 nitrogen and oxygen atoms in total. The van der Waals surface area contributed by atoms with E-state index in [-0.39, 0.29) is 11.9 Å². The molecule has 0 saturated carbocycles. The Kier molecular flexibility index (Phi) is 6.82. The molecule has 24 heavy (non-hydrogen) atoms. The summed E-state index contributed by atoms with van der Waals surface area (Å²) in [6, 6.07) is 17.7. The number of amides is 1. The van der Waals surface area contributed by atoms with E-state index in [0.717, 1.165) is 16.9 Å². The van der Waals surface area contributed by atoms with Crippen LogP contribution in [0.1, 0.15) is 18.1 Å². The van der Waals surface area contributed by atoms with Gasteiger partial charge in [-0.15, -0.1) is 0 Å². The van der Waals surface area contributed by atoms with Crippen LogP contribution < -0.4 is 10.1 Å². The van der Waals surface area contributed by atoms with Crippen molar-refractivity contribution >= 4 is 5.91 Å². The molecule has 2 aromatic carbocycles. The number of para-hydroxylation sites is 1. The van der Waals surface area contributed by atoms with E-state index in [2.05, 4.69) is 5.32 Å². The van der Waals surface area contributed by atoms with Crippen LogP contribution in [0.4, 0.5) is 0 Å². The quantitative estimate of drug-likeness (QED) is 0.811. The van der Waals surface area contributed by atoms with Crippen molar-refractivity contribution in [2.24, 2.45) is 0 Å². The monoisotopic (exact) mass is 326 g/mol. The predicted molar refractivity (Wildman–Crippen MR) is 97.1 cm³/mol. The lowest BCUT2D eigenvalue weighted by molar-refractivity contribution is -0.125. The minimum atomic E-state index is -0.200. The number of nitrogens with zero attached hydrogens (tertiary/aromatic N) is 1. The Morgan fingerprint density at radius 1 is 1.12 bits per heavy atom. The molecule has 0 saturated heterocycles. The summed E-state index contributed by atoms with van der Waals surface area (Å²) in [6.45, 7) is 5.73. The average Bonchev–Trinajstić information content (AvgIpc) is 2.61. The van der Waals surface area contributed by atoms with Gasteiger partial charge in [-0.1, -0.05) is 48.5 Å². The first-order chi connectivity index (χ1) is 11.6. The van der Waals surface area contributed by atoms with E-state index in [9.17, 15) is 4.79 Å². The number of hydrogen-bond donors (Lipinski definition) is 1. The van der Waals surface area contributed by atoms with Crippen molar-refractivity contribution in [2.75, 3.05) is 20.2 Å². The zero-order chi connectivity index (χ0) is 17.4. The highest BCUT2D eigenvalue weighted by molar-refractivity contribution is 5.81. The number of rotatable bonds is 8. The topological polar surface area (TPSA) is 41.6 Å². The predicted octanol–water partition coefficient (Wildman–Crippen LogP) is 3.01. The summed E-state index contributed by atoms with van der Waals surface area (Å²) >= 11 is 0. The van der Waals surface area contributed by atoms with Crippen molar-refractivity contribution in [1.82, 2.24) is 10.2 Å². The molecule has 0 aromatic heterocycles. The summed E-state index contributed by atoms with van der Waals surface area (Å²) in [5, 5.41) is 2.98. The van der Waals surface area contributed by atoms with Crippen molar-refractivity contribution in [3.8, 4) is 5.75 Å². The Labute approximate surface area is 144 Å². The van der Waals surface area contributed by atoms with E-state index >= 15 is 0 Å². The number of carbonyl (C=O) groups is 1. The third kappa shape index (κ3) is 5.39. The summed E-state index contributed by atoms with van der Waals surface area (Å²) in [6.07, 6.45) is 0. The summed E-state index contributed by atoms with van der Waals surface area (Å²) in [5.74, 6) is 0.921. The minimum Gasteiger partial charge on any atom is -0.492 e. The van der Waals surface area contributed by atoms with Crippen molar-refractivity contribution in [3.05, 3.63) is 65.7 Å². The van der Waals surface area contributed by atoms with E-state index in [1.807, 2.05) is 80.4 Å². The van der Waals surface area contributed by atoms with Gasteiger partial charge in [0.15, 0.2) is 0 Å². The van der Waals surface area contributed by atoms with E-state index in [1.165, 1.54) is 0 Å². The van der Waals surface area contributed by atoms with E-state index < -0.39 is 0 Å². The van der Waals surface area contributed by atoms with Crippen LogP contribution in [0.15, 0.2) is 54.6 Å². The molecule has 1 atom stereocenters. The lowest BCUT2D eigenvalue weighted by Gasteiger charge is -2.24. The molecule has 1 N–H and O–H groups in total. The molecule has 0 aliphatic carbocycles. The average molecular weight is 326 g/mol. The largest absolute Gasteiger partial charge is 0.492 e.